The molecular weight excluding hydrogens is 388 g/mol. The number of carbonyl (C=O) groups excluding carboxylic acids is 1. The van der Waals surface area contributed by atoms with Gasteiger partial charge in [-0.2, -0.15) is 10.2 Å². The Hall–Kier alpha value is -3.81. The van der Waals surface area contributed by atoms with Crippen LogP contribution in [0.5, 0.6) is 0 Å². The molecule has 1 amide bonds. The molecular formula is C22H19F2N5O. The second kappa shape index (κ2) is 8.28. The monoisotopic (exact) mass is 407 g/mol. The number of nitrogens with zero attached hydrogens (tertiary/aromatic N) is 4. The highest BCUT2D eigenvalue weighted by Gasteiger charge is 2.19. The summed E-state index contributed by atoms with van der Waals surface area (Å²) >= 11 is 0. The number of aromatic nitrogens is 4. The van der Waals surface area contributed by atoms with Crippen molar-refractivity contribution in [3.63, 3.8) is 0 Å². The van der Waals surface area contributed by atoms with E-state index in [1.807, 2.05) is 36.5 Å². The van der Waals surface area contributed by atoms with Gasteiger partial charge in [0.2, 0.25) is 0 Å². The van der Waals surface area contributed by atoms with Gasteiger partial charge in [-0.15, -0.1) is 0 Å². The fourth-order valence-corrected chi connectivity index (χ4v) is 3.19. The van der Waals surface area contributed by atoms with Crippen molar-refractivity contribution < 1.29 is 13.6 Å². The van der Waals surface area contributed by atoms with Crippen LogP contribution in [0.2, 0.25) is 0 Å². The summed E-state index contributed by atoms with van der Waals surface area (Å²) < 4.78 is 30.6. The highest BCUT2D eigenvalue weighted by atomic mass is 19.1. The fourth-order valence-electron chi connectivity index (χ4n) is 3.19. The molecule has 30 heavy (non-hydrogen) atoms. The van der Waals surface area contributed by atoms with Gasteiger partial charge >= 0.3 is 0 Å². The summed E-state index contributed by atoms with van der Waals surface area (Å²) in [5.74, 6) is -1.81. The van der Waals surface area contributed by atoms with E-state index in [0.29, 0.717) is 13.0 Å². The Labute approximate surface area is 171 Å². The normalized spacial score (nSPS) is 10.9. The maximum Gasteiger partial charge on any atom is 0.255 e. The maximum absolute atomic E-state index is 14.2. The molecule has 0 spiro atoms. The summed E-state index contributed by atoms with van der Waals surface area (Å²) in [6, 6.07) is 12.9. The van der Waals surface area contributed by atoms with E-state index in [-0.39, 0.29) is 22.7 Å². The number of hydrogen-bond acceptors (Lipinski definition) is 3. The molecule has 0 saturated carbocycles. The van der Waals surface area contributed by atoms with Crippen molar-refractivity contribution >= 4 is 5.91 Å². The van der Waals surface area contributed by atoms with E-state index in [9.17, 15) is 13.6 Å². The Morgan fingerprint density at radius 2 is 1.93 bits per heavy atom. The van der Waals surface area contributed by atoms with E-state index < -0.39 is 11.6 Å². The van der Waals surface area contributed by atoms with Gasteiger partial charge in [0.1, 0.15) is 17.3 Å². The first-order valence-corrected chi connectivity index (χ1v) is 9.37. The Balaban J connectivity index is 1.42. The van der Waals surface area contributed by atoms with E-state index in [2.05, 4.69) is 15.5 Å². The van der Waals surface area contributed by atoms with Gasteiger partial charge in [-0.25, -0.2) is 13.5 Å². The number of aryl methyl sites for hydroxylation is 1. The molecule has 2 heterocycles. The summed E-state index contributed by atoms with van der Waals surface area (Å²) in [6.07, 6.45) is 5.73. The van der Waals surface area contributed by atoms with Crippen molar-refractivity contribution in [2.75, 3.05) is 6.54 Å². The Bertz CT molecular complexity index is 1170. The lowest BCUT2D eigenvalue weighted by Crippen LogP contribution is -2.26. The van der Waals surface area contributed by atoms with Crippen molar-refractivity contribution in [1.82, 2.24) is 24.9 Å². The van der Waals surface area contributed by atoms with E-state index >= 15 is 0 Å². The summed E-state index contributed by atoms with van der Waals surface area (Å²) in [4.78, 5) is 12.7. The van der Waals surface area contributed by atoms with E-state index in [4.69, 9.17) is 0 Å². The topological polar surface area (TPSA) is 64.7 Å². The first kappa shape index (κ1) is 19.5. The van der Waals surface area contributed by atoms with Crippen molar-refractivity contribution in [2.45, 2.75) is 6.42 Å². The molecule has 4 rings (SSSR count). The van der Waals surface area contributed by atoms with Crippen molar-refractivity contribution in [3.8, 4) is 16.9 Å². The molecule has 1 N–H and O–H groups in total. The third-order valence-corrected chi connectivity index (χ3v) is 4.66. The second-order valence-corrected chi connectivity index (χ2v) is 6.81. The zero-order valence-corrected chi connectivity index (χ0v) is 16.2. The summed E-state index contributed by atoms with van der Waals surface area (Å²) in [5, 5.41) is 11.2. The number of amides is 1. The van der Waals surface area contributed by atoms with Crippen LogP contribution in [-0.4, -0.2) is 32.0 Å². The second-order valence-electron chi connectivity index (χ2n) is 6.81. The van der Waals surface area contributed by atoms with Crippen LogP contribution >= 0.6 is 0 Å². The molecule has 0 radical (unpaired) electrons. The van der Waals surface area contributed by atoms with Crippen LogP contribution in [0.15, 0.2) is 67.1 Å². The first-order chi connectivity index (χ1) is 14.5. The van der Waals surface area contributed by atoms with Gasteiger partial charge in [0.05, 0.1) is 11.3 Å². The molecule has 0 bridgehead atoms. The minimum absolute atomic E-state index is 0.0800. The zero-order chi connectivity index (χ0) is 21.1. The molecule has 152 valence electrons. The molecule has 0 saturated heterocycles. The van der Waals surface area contributed by atoms with Crippen LogP contribution in [0.1, 0.15) is 15.9 Å². The van der Waals surface area contributed by atoms with Crippen molar-refractivity contribution in [1.29, 1.82) is 0 Å². The predicted octanol–water partition coefficient (Wildman–Crippen LogP) is 3.52. The molecule has 4 aromatic rings. The smallest absolute Gasteiger partial charge is 0.255 e. The van der Waals surface area contributed by atoms with Crippen LogP contribution in [0, 0.1) is 11.6 Å². The standard InChI is InChI=1S/C22H19F2N5O/c1-28-14-19(21(27-28)18-8-5-16(23)13-20(18)24)22(30)25-11-9-15-3-6-17(7-4-15)29-12-2-10-26-29/h2-8,10,12-14H,9,11H2,1H3,(H,25,30). The maximum atomic E-state index is 14.2. The average Bonchev–Trinajstić information content (AvgIpc) is 3.38. The molecule has 6 nitrogen and oxygen atoms in total. The number of benzene rings is 2. The van der Waals surface area contributed by atoms with E-state index in [1.54, 1.807) is 17.9 Å². The highest BCUT2D eigenvalue weighted by molar-refractivity contribution is 5.99. The number of halogens is 2. The Morgan fingerprint density at radius 3 is 2.63 bits per heavy atom. The minimum Gasteiger partial charge on any atom is -0.352 e. The van der Waals surface area contributed by atoms with Crippen LogP contribution < -0.4 is 5.32 Å². The number of hydrogen-bond donors (Lipinski definition) is 1. The fraction of sp³-hybridized carbons (Fsp3) is 0.136. The lowest BCUT2D eigenvalue weighted by atomic mass is 10.1. The van der Waals surface area contributed by atoms with Gasteiger partial charge in [0, 0.05) is 43.8 Å². The van der Waals surface area contributed by atoms with E-state index in [0.717, 1.165) is 23.4 Å². The zero-order valence-electron chi connectivity index (χ0n) is 16.2. The molecule has 2 aromatic carbocycles. The van der Waals surface area contributed by atoms with Gasteiger partial charge in [0.15, 0.2) is 0 Å². The van der Waals surface area contributed by atoms with Crippen LogP contribution in [0.25, 0.3) is 16.9 Å². The number of nitrogens with one attached hydrogen (secondary N) is 1. The number of carbonyl (C=O) groups is 1. The van der Waals surface area contributed by atoms with Gasteiger partial charge < -0.3 is 5.32 Å². The lowest BCUT2D eigenvalue weighted by Gasteiger charge is -2.07. The largest absolute Gasteiger partial charge is 0.352 e. The van der Waals surface area contributed by atoms with E-state index in [1.165, 1.54) is 16.9 Å². The summed E-state index contributed by atoms with van der Waals surface area (Å²) in [5.41, 5.74) is 2.50. The minimum atomic E-state index is -0.764. The lowest BCUT2D eigenvalue weighted by molar-refractivity contribution is 0.0954. The first-order valence-electron chi connectivity index (χ1n) is 9.37. The van der Waals surface area contributed by atoms with Gasteiger partial charge in [-0.05, 0) is 42.3 Å². The molecule has 8 heteroatoms. The number of rotatable bonds is 6. The SMILES string of the molecule is Cn1cc(C(=O)NCCc2ccc(-n3cccn3)cc2)c(-c2ccc(F)cc2F)n1. The van der Waals surface area contributed by atoms with Crippen molar-refractivity contribution in [2.24, 2.45) is 7.05 Å². The summed E-state index contributed by atoms with van der Waals surface area (Å²) in [6.45, 7) is 0.403. The molecule has 2 aromatic heterocycles. The van der Waals surface area contributed by atoms with Crippen LogP contribution in [0.3, 0.4) is 0 Å². The quantitative estimate of drug-likeness (QED) is 0.532. The third kappa shape index (κ3) is 4.12. The van der Waals surface area contributed by atoms with Gasteiger partial charge in [-0.3, -0.25) is 9.48 Å². The predicted molar refractivity (Wildman–Crippen MR) is 108 cm³/mol. The highest BCUT2D eigenvalue weighted by Crippen LogP contribution is 2.25. The third-order valence-electron chi connectivity index (χ3n) is 4.66. The van der Waals surface area contributed by atoms with Gasteiger partial charge in [0.25, 0.3) is 5.91 Å². The average molecular weight is 407 g/mol. The molecule has 0 aliphatic heterocycles. The molecule has 0 aliphatic carbocycles. The van der Waals surface area contributed by atoms with Crippen molar-refractivity contribution in [3.05, 3.63) is 89.9 Å². The molecule has 0 aliphatic rings. The molecule has 0 atom stereocenters. The van der Waals surface area contributed by atoms with Gasteiger partial charge in [-0.1, -0.05) is 12.1 Å². The molecule has 0 fully saturated rings. The Kier molecular flexibility index (Phi) is 5.38. The van der Waals surface area contributed by atoms with Crippen LogP contribution in [-0.2, 0) is 13.5 Å². The summed E-state index contributed by atoms with van der Waals surface area (Å²) in [7, 11) is 1.64. The van der Waals surface area contributed by atoms with Crippen LogP contribution in [0.4, 0.5) is 8.78 Å². The molecule has 0 unspecified atom stereocenters. The Morgan fingerprint density at radius 1 is 1.13 bits per heavy atom.